The largest absolute Gasteiger partial charge is 0.396 e. The minimum absolute atomic E-state index is 0.119. The highest BCUT2D eigenvalue weighted by atomic mass is 16.3. The number of aliphatic hydroxyl groups excluding tert-OH is 2. The predicted molar refractivity (Wildman–Crippen MR) is 49.8 cm³/mol. The van der Waals surface area contributed by atoms with Crippen molar-refractivity contribution in [3.05, 3.63) is 11.6 Å². The summed E-state index contributed by atoms with van der Waals surface area (Å²) in [7, 11) is 0. The Hall–Kier alpha value is -0.870. The van der Waals surface area contributed by atoms with Gasteiger partial charge in [0.05, 0.1) is 13.2 Å². The second kappa shape index (κ2) is 4.99. The van der Waals surface area contributed by atoms with Crippen LogP contribution in [-0.2, 0) is 4.79 Å². The molecule has 4 heteroatoms. The maximum atomic E-state index is 10.6. The molecule has 0 bridgehead atoms. The summed E-state index contributed by atoms with van der Waals surface area (Å²) < 4.78 is 0. The van der Waals surface area contributed by atoms with E-state index in [1.165, 1.54) is 0 Å². The molecule has 0 heterocycles. The van der Waals surface area contributed by atoms with Gasteiger partial charge in [-0.3, -0.25) is 4.79 Å². The van der Waals surface area contributed by atoms with E-state index in [-0.39, 0.29) is 13.2 Å². The molecule has 0 saturated heterocycles. The first-order valence-corrected chi connectivity index (χ1v) is 4.13. The first-order valence-electron chi connectivity index (χ1n) is 4.13. The van der Waals surface area contributed by atoms with Crippen molar-refractivity contribution in [1.82, 2.24) is 0 Å². The first kappa shape index (κ1) is 12.1. The van der Waals surface area contributed by atoms with Gasteiger partial charge < -0.3 is 15.9 Å². The highest BCUT2D eigenvalue weighted by molar-refractivity contribution is 5.91. The Bertz CT molecular complexity index is 207. The van der Waals surface area contributed by atoms with E-state index < -0.39 is 11.3 Å². The summed E-state index contributed by atoms with van der Waals surface area (Å²) in [5.74, 6) is -0.474. The van der Waals surface area contributed by atoms with Crippen molar-refractivity contribution >= 4 is 5.91 Å². The standard InChI is InChI=1S/C9H17NO3/c1-7(8(10)13)3-4-9(2,5-11)6-12/h3,11-12H,4-6H2,1-2H3,(H2,10,13)/b7-3+. The van der Waals surface area contributed by atoms with Crippen molar-refractivity contribution in [2.75, 3.05) is 13.2 Å². The number of primary amides is 1. The van der Waals surface area contributed by atoms with E-state index in [9.17, 15) is 4.79 Å². The molecule has 0 fully saturated rings. The number of hydrogen-bond donors (Lipinski definition) is 3. The molecule has 0 rings (SSSR count). The van der Waals surface area contributed by atoms with Gasteiger partial charge in [-0.2, -0.15) is 0 Å². The van der Waals surface area contributed by atoms with E-state index in [2.05, 4.69) is 0 Å². The molecule has 0 aliphatic carbocycles. The van der Waals surface area contributed by atoms with E-state index in [4.69, 9.17) is 15.9 Å². The van der Waals surface area contributed by atoms with Crippen LogP contribution in [0.4, 0.5) is 0 Å². The van der Waals surface area contributed by atoms with Crippen LogP contribution in [0.5, 0.6) is 0 Å². The summed E-state index contributed by atoms with van der Waals surface area (Å²) in [5, 5.41) is 17.9. The summed E-state index contributed by atoms with van der Waals surface area (Å²) >= 11 is 0. The van der Waals surface area contributed by atoms with Gasteiger partial charge in [0.25, 0.3) is 0 Å². The lowest BCUT2D eigenvalue weighted by Crippen LogP contribution is -2.25. The van der Waals surface area contributed by atoms with Gasteiger partial charge in [0.1, 0.15) is 0 Å². The lowest BCUT2D eigenvalue weighted by atomic mass is 9.88. The molecule has 0 aromatic rings. The second-order valence-electron chi connectivity index (χ2n) is 3.58. The fourth-order valence-electron chi connectivity index (χ4n) is 0.679. The minimum atomic E-state index is -0.573. The third-order valence-electron chi connectivity index (χ3n) is 2.05. The number of carbonyl (C=O) groups excluding carboxylic acids is 1. The van der Waals surface area contributed by atoms with Gasteiger partial charge in [-0.05, 0) is 13.3 Å². The van der Waals surface area contributed by atoms with Crippen LogP contribution in [0.2, 0.25) is 0 Å². The normalized spacial score (nSPS) is 13.1. The number of allylic oxidation sites excluding steroid dienone is 1. The highest BCUT2D eigenvalue weighted by Crippen LogP contribution is 2.20. The molecule has 4 nitrogen and oxygen atoms in total. The quantitative estimate of drug-likeness (QED) is 0.521. The zero-order chi connectivity index (χ0) is 10.5. The average Bonchev–Trinajstić information content (AvgIpc) is 2.13. The number of carbonyl (C=O) groups is 1. The van der Waals surface area contributed by atoms with E-state index >= 15 is 0 Å². The van der Waals surface area contributed by atoms with Crippen LogP contribution in [0.15, 0.2) is 11.6 Å². The molecule has 76 valence electrons. The van der Waals surface area contributed by atoms with Gasteiger partial charge in [0.15, 0.2) is 0 Å². The van der Waals surface area contributed by atoms with Crippen molar-refractivity contribution < 1.29 is 15.0 Å². The zero-order valence-electron chi connectivity index (χ0n) is 8.08. The average molecular weight is 187 g/mol. The van der Waals surface area contributed by atoms with Crippen molar-refractivity contribution in [2.24, 2.45) is 11.1 Å². The third-order valence-corrected chi connectivity index (χ3v) is 2.05. The maximum Gasteiger partial charge on any atom is 0.244 e. The van der Waals surface area contributed by atoms with E-state index in [0.717, 1.165) is 0 Å². The Labute approximate surface area is 78.1 Å². The predicted octanol–water partition coefficient (Wildman–Crippen LogP) is -0.201. The molecule has 0 radical (unpaired) electrons. The van der Waals surface area contributed by atoms with Crippen LogP contribution in [-0.4, -0.2) is 29.3 Å². The Morgan fingerprint density at radius 3 is 2.23 bits per heavy atom. The fraction of sp³-hybridized carbons (Fsp3) is 0.667. The van der Waals surface area contributed by atoms with Crippen LogP contribution in [0.3, 0.4) is 0 Å². The number of nitrogens with two attached hydrogens (primary N) is 1. The lowest BCUT2D eigenvalue weighted by molar-refractivity contribution is -0.114. The topological polar surface area (TPSA) is 83.6 Å². The molecule has 0 aliphatic rings. The summed E-state index contributed by atoms with van der Waals surface area (Å²) in [6, 6.07) is 0. The van der Waals surface area contributed by atoms with Gasteiger partial charge in [-0.15, -0.1) is 0 Å². The van der Waals surface area contributed by atoms with Crippen molar-refractivity contribution in [3.8, 4) is 0 Å². The van der Waals surface area contributed by atoms with Crippen LogP contribution >= 0.6 is 0 Å². The zero-order valence-corrected chi connectivity index (χ0v) is 8.08. The Kier molecular flexibility index (Phi) is 4.66. The first-order chi connectivity index (χ1) is 5.95. The number of rotatable bonds is 5. The van der Waals surface area contributed by atoms with Gasteiger partial charge in [-0.1, -0.05) is 13.0 Å². The monoisotopic (exact) mass is 187 g/mol. The Morgan fingerprint density at radius 1 is 1.46 bits per heavy atom. The van der Waals surface area contributed by atoms with E-state index in [0.29, 0.717) is 12.0 Å². The number of aliphatic hydroxyl groups is 2. The molecule has 4 N–H and O–H groups in total. The molecule has 1 amide bonds. The molecule has 0 saturated carbocycles. The van der Waals surface area contributed by atoms with Gasteiger partial charge in [0.2, 0.25) is 5.91 Å². The van der Waals surface area contributed by atoms with E-state index in [1.54, 1.807) is 19.9 Å². The molecule has 0 aromatic heterocycles. The third kappa shape index (κ3) is 4.05. The fourth-order valence-corrected chi connectivity index (χ4v) is 0.679. The van der Waals surface area contributed by atoms with Crippen LogP contribution in [0, 0.1) is 5.41 Å². The molecule has 0 atom stereocenters. The lowest BCUT2D eigenvalue weighted by Gasteiger charge is -2.22. The molecular formula is C9H17NO3. The maximum absolute atomic E-state index is 10.6. The summed E-state index contributed by atoms with van der Waals surface area (Å²) in [6.45, 7) is 3.10. The molecule has 13 heavy (non-hydrogen) atoms. The Balaban J connectivity index is 4.28. The van der Waals surface area contributed by atoms with Crippen molar-refractivity contribution in [1.29, 1.82) is 0 Å². The number of amides is 1. The van der Waals surface area contributed by atoms with Crippen LogP contribution in [0.1, 0.15) is 20.3 Å². The van der Waals surface area contributed by atoms with Crippen LogP contribution < -0.4 is 5.73 Å². The summed E-state index contributed by atoms with van der Waals surface area (Å²) in [6.07, 6.45) is 2.07. The molecule has 0 spiro atoms. The molecular weight excluding hydrogens is 170 g/mol. The van der Waals surface area contributed by atoms with Crippen LogP contribution in [0.25, 0.3) is 0 Å². The second-order valence-corrected chi connectivity index (χ2v) is 3.58. The summed E-state index contributed by atoms with van der Waals surface area (Å²) in [4.78, 5) is 10.6. The number of hydrogen-bond acceptors (Lipinski definition) is 3. The molecule has 0 aliphatic heterocycles. The van der Waals surface area contributed by atoms with Crippen molar-refractivity contribution in [2.45, 2.75) is 20.3 Å². The van der Waals surface area contributed by atoms with Gasteiger partial charge >= 0.3 is 0 Å². The Morgan fingerprint density at radius 2 is 1.92 bits per heavy atom. The SMILES string of the molecule is C/C(=C\CC(C)(CO)CO)C(N)=O. The van der Waals surface area contributed by atoms with E-state index in [1.807, 2.05) is 0 Å². The van der Waals surface area contributed by atoms with Crippen molar-refractivity contribution in [3.63, 3.8) is 0 Å². The van der Waals surface area contributed by atoms with Gasteiger partial charge in [0, 0.05) is 11.0 Å². The minimum Gasteiger partial charge on any atom is -0.396 e. The smallest absolute Gasteiger partial charge is 0.244 e. The van der Waals surface area contributed by atoms with Gasteiger partial charge in [-0.25, -0.2) is 0 Å². The summed E-state index contributed by atoms with van der Waals surface area (Å²) in [5.41, 5.74) is 4.90. The molecule has 0 aromatic carbocycles. The highest BCUT2D eigenvalue weighted by Gasteiger charge is 2.20. The molecule has 0 unspecified atom stereocenters.